The van der Waals surface area contributed by atoms with Crippen LogP contribution in [0.15, 0.2) is 18.2 Å². The molecule has 0 aliphatic carbocycles. The molecule has 7 heteroatoms. The maximum absolute atomic E-state index is 13.4. The molecule has 2 aromatic rings. The van der Waals surface area contributed by atoms with Crippen molar-refractivity contribution < 1.29 is 14.0 Å². The standard InChI is InChI=1S/C14H11ClFN3O2/c1-7-10(13(15)18(2)17-7)6-19-11-5-8(16)3-4-9(11)12(20)14(19)21/h3-5H,6H2,1-2H3. The van der Waals surface area contributed by atoms with Gasteiger partial charge in [-0.1, -0.05) is 11.6 Å². The Morgan fingerprint density at radius 1 is 1.33 bits per heavy atom. The molecule has 1 aromatic carbocycles. The lowest BCUT2D eigenvalue weighted by atomic mass is 10.1. The van der Waals surface area contributed by atoms with Gasteiger partial charge < -0.3 is 4.90 Å². The number of ketones is 1. The number of aromatic nitrogens is 2. The van der Waals surface area contributed by atoms with Crippen molar-refractivity contribution in [3.05, 3.63) is 46.0 Å². The number of rotatable bonds is 2. The molecule has 0 unspecified atom stereocenters. The molecule has 0 atom stereocenters. The van der Waals surface area contributed by atoms with Gasteiger partial charge in [0.1, 0.15) is 11.0 Å². The molecule has 2 heterocycles. The number of amides is 1. The Morgan fingerprint density at radius 3 is 2.67 bits per heavy atom. The van der Waals surface area contributed by atoms with Crippen molar-refractivity contribution in [2.45, 2.75) is 13.5 Å². The largest absolute Gasteiger partial charge is 0.300 e. The summed E-state index contributed by atoms with van der Waals surface area (Å²) in [4.78, 5) is 25.2. The Hall–Kier alpha value is -2.21. The number of hydrogen-bond acceptors (Lipinski definition) is 3. The first-order valence-corrected chi connectivity index (χ1v) is 6.61. The lowest BCUT2D eigenvalue weighted by molar-refractivity contribution is -0.114. The first-order chi connectivity index (χ1) is 9.90. The third-order valence-corrected chi connectivity index (χ3v) is 3.99. The Morgan fingerprint density at radius 2 is 2.05 bits per heavy atom. The van der Waals surface area contributed by atoms with E-state index in [2.05, 4.69) is 5.10 Å². The predicted molar refractivity (Wildman–Crippen MR) is 74.9 cm³/mol. The first-order valence-electron chi connectivity index (χ1n) is 6.24. The zero-order valence-electron chi connectivity index (χ0n) is 11.4. The van der Waals surface area contributed by atoms with Gasteiger partial charge in [0, 0.05) is 12.6 Å². The van der Waals surface area contributed by atoms with Crippen LogP contribution in [0.5, 0.6) is 0 Å². The Bertz CT molecular complexity index is 785. The van der Waals surface area contributed by atoms with Crippen LogP contribution in [0.25, 0.3) is 0 Å². The zero-order chi connectivity index (χ0) is 15.3. The van der Waals surface area contributed by atoms with Crippen LogP contribution in [0, 0.1) is 12.7 Å². The van der Waals surface area contributed by atoms with Gasteiger partial charge in [-0.3, -0.25) is 14.3 Å². The maximum atomic E-state index is 13.4. The van der Waals surface area contributed by atoms with Gasteiger partial charge in [-0.25, -0.2) is 4.39 Å². The normalized spacial score (nSPS) is 14.0. The Kier molecular flexibility index (Phi) is 3.06. The van der Waals surface area contributed by atoms with Crippen LogP contribution in [0.3, 0.4) is 0 Å². The van der Waals surface area contributed by atoms with E-state index in [9.17, 15) is 14.0 Å². The Labute approximate surface area is 124 Å². The van der Waals surface area contributed by atoms with E-state index in [4.69, 9.17) is 11.6 Å². The van der Waals surface area contributed by atoms with Crippen LogP contribution in [-0.2, 0) is 18.4 Å². The van der Waals surface area contributed by atoms with Crippen molar-refractivity contribution in [2.24, 2.45) is 7.05 Å². The molecule has 21 heavy (non-hydrogen) atoms. The molecule has 0 radical (unpaired) electrons. The number of benzene rings is 1. The smallest absolute Gasteiger partial charge is 0.299 e. The third kappa shape index (κ3) is 2.03. The number of anilines is 1. The molecule has 0 saturated heterocycles. The minimum absolute atomic E-state index is 0.0829. The highest BCUT2D eigenvalue weighted by Gasteiger charge is 2.36. The summed E-state index contributed by atoms with van der Waals surface area (Å²) in [6, 6.07) is 3.66. The van der Waals surface area contributed by atoms with Crippen LogP contribution in [-0.4, -0.2) is 21.5 Å². The number of hydrogen-bond donors (Lipinski definition) is 0. The van der Waals surface area contributed by atoms with Gasteiger partial charge >= 0.3 is 0 Å². The van der Waals surface area contributed by atoms with Gasteiger partial charge in [0.25, 0.3) is 11.7 Å². The van der Waals surface area contributed by atoms with Crippen LogP contribution < -0.4 is 4.90 Å². The minimum atomic E-state index is -0.685. The summed E-state index contributed by atoms with van der Waals surface area (Å²) in [5.41, 5.74) is 1.77. The SMILES string of the molecule is Cc1nn(C)c(Cl)c1CN1C(=O)C(=O)c2ccc(F)cc21. The number of halogens is 2. The van der Waals surface area contributed by atoms with Gasteiger partial charge in [-0.05, 0) is 25.1 Å². The molecule has 108 valence electrons. The van der Waals surface area contributed by atoms with E-state index in [1.54, 1.807) is 14.0 Å². The zero-order valence-corrected chi connectivity index (χ0v) is 12.1. The van der Waals surface area contributed by atoms with Crippen molar-refractivity contribution in [3.8, 4) is 0 Å². The van der Waals surface area contributed by atoms with E-state index in [1.165, 1.54) is 21.7 Å². The summed E-state index contributed by atoms with van der Waals surface area (Å²) in [7, 11) is 1.68. The summed E-state index contributed by atoms with van der Waals surface area (Å²) in [6.45, 7) is 1.84. The highest BCUT2D eigenvalue weighted by Crippen LogP contribution is 2.32. The summed E-state index contributed by atoms with van der Waals surface area (Å²) in [5, 5.41) is 4.54. The molecule has 0 bridgehead atoms. The average molecular weight is 308 g/mol. The van der Waals surface area contributed by atoms with Crippen molar-refractivity contribution in [3.63, 3.8) is 0 Å². The summed E-state index contributed by atoms with van der Waals surface area (Å²) in [6.07, 6.45) is 0. The third-order valence-electron chi connectivity index (χ3n) is 3.52. The van der Waals surface area contributed by atoms with E-state index in [1.807, 2.05) is 0 Å². The van der Waals surface area contributed by atoms with Crippen molar-refractivity contribution in [1.82, 2.24) is 9.78 Å². The van der Waals surface area contributed by atoms with E-state index in [-0.39, 0.29) is 17.8 Å². The fourth-order valence-electron chi connectivity index (χ4n) is 2.44. The maximum Gasteiger partial charge on any atom is 0.299 e. The Balaban J connectivity index is 2.06. The van der Waals surface area contributed by atoms with Crippen LogP contribution >= 0.6 is 11.6 Å². The molecular formula is C14H11ClFN3O2. The van der Waals surface area contributed by atoms with E-state index in [0.717, 1.165) is 6.07 Å². The molecule has 1 aliphatic heterocycles. The number of fused-ring (bicyclic) bond motifs is 1. The molecule has 0 spiro atoms. The molecular weight excluding hydrogens is 297 g/mol. The first kappa shape index (κ1) is 13.8. The molecule has 0 N–H and O–H groups in total. The molecule has 1 amide bonds. The van der Waals surface area contributed by atoms with Crippen LogP contribution in [0.2, 0.25) is 5.15 Å². The number of Topliss-reactive ketones (excluding diaryl/α,β-unsaturated/α-hetero) is 1. The lowest BCUT2D eigenvalue weighted by Gasteiger charge is -2.16. The van der Waals surface area contributed by atoms with Gasteiger partial charge in [0.15, 0.2) is 0 Å². The summed E-state index contributed by atoms with van der Waals surface area (Å²) in [5.74, 6) is -1.83. The molecule has 0 fully saturated rings. The van der Waals surface area contributed by atoms with Gasteiger partial charge in [0.05, 0.1) is 23.5 Å². The highest BCUT2D eigenvalue weighted by molar-refractivity contribution is 6.52. The van der Waals surface area contributed by atoms with Crippen molar-refractivity contribution in [2.75, 3.05) is 4.90 Å². The fourth-order valence-corrected chi connectivity index (χ4v) is 2.67. The van der Waals surface area contributed by atoms with Gasteiger partial charge in [-0.15, -0.1) is 0 Å². The quantitative estimate of drug-likeness (QED) is 0.800. The van der Waals surface area contributed by atoms with Gasteiger partial charge in [0.2, 0.25) is 0 Å². The highest BCUT2D eigenvalue weighted by atomic mass is 35.5. The number of carbonyl (C=O) groups is 2. The van der Waals surface area contributed by atoms with E-state index >= 15 is 0 Å². The predicted octanol–water partition coefficient (Wildman–Crippen LogP) is 2.25. The monoisotopic (exact) mass is 307 g/mol. The fraction of sp³-hybridized carbons (Fsp3) is 0.214. The second kappa shape index (κ2) is 4.66. The second-order valence-electron chi connectivity index (χ2n) is 4.86. The molecule has 0 saturated carbocycles. The van der Waals surface area contributed by atoms with Gasteiger partial charge in [-0.2, -0.15) is 5.10 Å². The number of aryl methyl sites for hydroxylation is 2. The number of nitrogens with zero attached hydrogens (tertiary/aromatic N) is 3. The second-order valence-corrected chi connectivity index (χ2v) is 5.22. The lowest BCUT2D eigenvalue weighted by Crippen LogP contribution is -2.29. The summed E-state index contributed by atoms with van der Waals surface area (Å²) >= 11 is 6.14. The van der Waals surface area contributed by atoms with Crippen molar-refractivity contribution in [1.29, 1.82) is 0 Å². The average Bonchev–Trinajstić information content (AvgIpc) is 2.81. The van der Waals surface area contributed by atoms with Crippen molar-refractivity contribution >= 4 is 29.0 Å². The van der Waals surface area contributed by atoms with E-state index < -0.39 is 17.5 Å². The molecule has 1 aromatic heterocycles. The molecule has 3 rings (SSSR count). The topological polar surface area (TPSA) is 55.2 Å². The van der Waals surface area contributed by atoms with E-state index in [0.29, 0.717) is 16.4 Å². The molecule has 1 aliphatic rings. The molecule has 5 nitrogen and oxygen atoms in total. The minimum Gasteiger partial charge on any atom is -0.300 e. The number of carbonyl (C=O) groups excluding carboxylic acids is 2. The van der Waals surface area contributed by atoms with Crippen LogP contribution in [0.1, 0.15) is 21.6 Å². The summed E-state index contributed by atoms with van der Waals surface area (Å²) < 4.78 is 14.9. The van der Waals surface area contributed by atoms with Crippen LogP contribution in [0.4, 0.5) is 10.1 Å².